The number of pyridine rings is 1. The third-order valence-electron chi connectivity index (χ3n) is 5.37. The third-order valence-corrected chi connectivity index (χ3v) is 7.52. The number of ether oxygens (including phenoxy) is 2. The fourth-order valence-electron chi connectivity index (χ4n) is 3.61. The van der Waals surface area contributed by atoms with Crippen molar-refractivity contribution in [3.05, 3.63) is 58.8 Å². The number of carbonyl (C=O) groups excluding carboxylic acids is 1. The number of rotatable bonds is 13. The van der Waals surface area contributed by atoms with Gasteiger partial charge in [0.25, 0.3) is 0 Å². The molecule has 3 rings (SSSR count). The lowest BCUT2D eigenvalue weighted by molar-refractivity contribution is -0.147. The van der Waals surface area contributed by atoms with Crippen LogP contribution in [0.3, 0.4) is 0 Å². The molecule has 1 aliphatic carbocycles. The van der Waals surface area contributed by atoms with Crippen LogP contribution in [0.15, 0.2) is 41.4 Å². The fourth-order valence-corrected chi connectivity index (χ4v) is 5.46. The zero-order chi connectivity index (χ0) is 23.3. The van der Waals surface area contributed by atoms with Gasteiger partial charge in [-0.1, -0.05) is 55.4 Å². The van der Waals surface area contributed by atoms with Gasteiger partial charge in [0, 0.05) is 11.4 Å². The number of benzene rings is 1. The van der Waals surface area contributed by atoms with Crippen LogP contribution in [-0.2, 0) is 33.7 Å². The largest absolute Gasteiger partial charge is 0.458 e. The van der Waals surface area contributed by atoms with Gasteiger partial charge < -0.3 is 9.47 Å². The van der Waals surface area contributed by atoms with Gasteiger partial charge in [-0.05, 0) is 55.1 Å². The van der Waals surface area contributed by atoms with Crippen LogP contribution in [0.1, 0.15) is 55.0 Å². The average molecular weight is 485 g/mol. The number of unbranched alkanes of at least 4 members (excludes halogenated alkanes) is 1. The topological polar surface area (TPSA) is 72.2 Å². The van der Waals surface area contributed by atoms with Crippen LogP contribution in [0.25, 0.3) is 0 Å². The number of aryl methyl sites for hydroxylation is 2. The molecular formula is C26H32N2O3S2. The Bertz CT molecular complexity index is 931. The van der Waals surface area contributed by atoms with E-state index in [9.17, 15) is 10.1 Å². The number of fused-ring (bicyclic) bond motifs is 1. The lowest BCUT2D eigenvalue weighted by Gasteiger charge is -2.19. The van der Waals surface area contributed by atoms with Crippen LogP contribution >= 0.6 is 23.5 Å². The molecule has 0 spiro atoms. The summed E-state index contributed by atoms with van der Waals surface area (Å²) in [5.74, 6) is 1.59. The van der Waals surface area contributed by atoms with E-state index in [2.05, 4.69) is 13.0 Å². The molecule has 1 aromatic heterocycles. The average Bonchev–Trinajstić information content (AvgIpc) is 2.85. The molecule has 0 fully saturated rings. The van der Waals surface area contributed by atoms with Crippen molar-refractivity contribution in [1.29, 1.82) is 5.26 Å². The molecule has 1 aliphatic rings. The normalized spacial score (nSPS) is 13.7. The van der Waals surface area contributed by atoms with Crippen LogP contribution < -0.4 is 0 Å². The first-order valence-electron chi connectivity index (χ1n) is 11.6. The van der Waals surface area contributed by atoms with Gasteiger partial charge >= 0.3 is 5.97 Å². The molecule has 0 aliphatic heterocycles. The van der Waals surface area contributed by atoms with Gasteiger partial charge in [-0.3, -0.25) is 4.79 Å². The summed E-state index contributed by atoms with van der Waals surface area (Å²) in [4.78, 5) is 17.3. The quantitative estimate of drug-likeness (QED) is 0.209. The maximum Gasteiger partial charge on any atom is 0.316 e. The van der Waals surface area contributed by atoms with E-state index in [1.165, 1.54) is 17.3 Å². The Morgan fingerprint density at radius 2 is 2.06 bits per heavy atom. The number of aromatic nitrogens is 1. The first-order valence-corrected chi connectivity index (χ1v) is 13.8. The second kappa shape index (κ2) is 14.3. The lowest BCUT2D eigenvalue weighted by atomic mass is 9.95. The molecule has 5 nitrogen and oxygen atoms in total. The molecule has 0 radical (unpaired) electrons. The number of nitriles is 1. The summed E-state index contributed by atoms with van der Waals surface area (Å²) < 4.78 is 11.6. The molecule has 7 heteroatoms. The highest BCUT2D eigenvalue weighted by Gasteiger charge is 2.19. The Morgan fingerprint density at radius 1 is 1.24 bits per heavy atom. The van der Waals surface area contributed by atoms with Crippen molar-refractivity contribution in [2.75, 3.05) is 23.9 Å². The smallest absolute Gasteiger partial charge is 0.316 e. The zero-order valence-corrected chi connectivity index (χ0v) is 20.9. The Balaban J connectivity index is 1.52. The van der Waals surface area contributed by atoms with E-state index in [1.54, 1.807) is 11.8 Å². The molecular weight excluding hydrogens is 452 g/mol. The zero-order valence-electron chi connectivity index (χ0n) is 19.3. The number of esters is 1. The van der Waals surface area contributed by atoms with Crippen LogP contribution in [0, 0.1) is 11.3 Å². The molecule has 0 saturated heterocycles. The van der Waals surface area contributed by atoms with E-state index in [0.717, 1.165) is 55.5 Å². The van der Waals surface area contributed by atoms with Gasteiger partial charge in [0.2, 0.25) is 0 Å². The van der Waals surface area contributed by atoms with Crippen molar-refractivity contribution in [2.24, 2.45) is 0 Å². The van der Waals surface area contributed by atoms with Crippen LogP contribution in [0.5, 0.6) is 0 Å². The molecule has 2 aromatic rings. The van der Waals surface area contributed by atoms with E-state index in [-0.39, 0.29) is 17.8 Å². The summed E-state index contributed by atoms with van der Waals surface area (Å²) in [6.45, 7) is 3.03. The SMILES string of the molecule is CCCCSCC(COCc1ccccc1)OC(=O)CSc1nc2c(cc1C#N)CCCC2. The Hall–Kier alpha value is -2.01. The summed E-state index contributed by atoms with van der Waals surface area (Å²) >= 11 is 3.08. The van der Waals surface area contributed by atoms with Crippen molar-refractivity contribution >= 4 is 29.5 Å². The molecule has 0 amide bonds. The second-order valence-corrected chi connectivity index (χ2v) is 10.2. The summed E-state index contributed by atoms with van der Waals surface area (Å²) in [5.41, 5.74) is 3.88. The first-order chi connectivity index (χ1) is 16.2. The maximum atomic E-state index is 12.6. The van der Waals surface area contributed by atoms with Crippen molar-refractivity contribution in [3.8, 4) is 6.07 Å². The van der Waals surface area contributed by atoms with E-state index in [0.29, 0.717) is 29.6 Å². The van der Waals surface area contributed by atoms with Gasteiger partial charge in [0.1, 0.15) is 17.2 Å². The van der Waals surface area contributed by atoms with Crippen LogP contribution in [0.2, 0.25) is 0 Å². The minimum Gasteiger partial charge on any atom is -0.458 e. The second-order valence-electron chi connectivity index (χ2n) is 8.10. The molecule has 1 aromatic carbocycles. The highest BCUT2D eigenvalue weighted by atomic mass is 32.2. The first kappa shape index (κ1) is 25.6. The van der Waals surface area contributed by atoms with E-state index >= 15 is 0 Å². The van der Waals surface area contributed by atoms with Crippen molar-refractivity contribution in [3.63, 3.8) is 0 Å². The summed E-state index contributed by atoms with van der Waals surface area (Å²) in [7, 11) is 0. The summed E-state index contributed by atoms with van der Waals surface area (Å²) in [6.07, 6.45) is 6.18. The van der Waals surface area contributed by atoms with E-state index in [4.69, 9.17) is 14.5 Å². The predicted octanol–water partition coefficient (Wildman–Crippen LogP) is 5.59. The number of thioether (sulfide) groups is 2. The predicted molar refractivity (Wildman–Crippen MR) is 135 cm³/mol. The molecule has 1 heterocycles. The Labute approximate surface area is 205 Å². The van der Waals surface area contributed by atoms with Gasteiger partial charge in [-0.2, -0.15) is 17.0 Å². The van der Waals surface area contributed by atoms with Gasteiger partial charge in [0.15, 0.2) is 0 Å². The molecule has 0 saturated carbocycles. The Kier molecular flexibility index (Phi) is 11.1. The van der Waals surface area contributed by atoms with Crippen LogP contribution in [0.4, 0.5) is 0 Å². The van der Waals surface area contributed by atoms with Crippen molar-refractivity contribution in [2.45, 2.75) is 63.2 Å². The highest BCUT2D eigenvalue weighted by Crippen LogP contribution is 2.27. The maximum absolute atomic E-state index is 12.6. The van der Waals surface area contributed by atoms with Gasteiger partial charge in [-0.25, -0.2) is 4.98 Å². The molecule has 1 atom stereocenters. The molecule has 1 unspecified atom stereocenters. The fraction of sp³-hybridized carbons (Fsp3) is 0.500. The van der Waals surface area contributed by atoms with Crippen molar-refractivity contribution in [1.82, 2.24) is 4.98 Å². The standard InChI is InChI=1S/C26H32N2O3S2/c1-2-3-13-32-18-23(17-30-16-20-9-5-4-6-10-20)31-25(29)19-33-26-22(15-27)14-21-11-7-8-12-24(21)28-26/h4-6,9-10,14,23H,2-3,7-8,11-13,16-19H2,1H3. The van der Waals surface area contributed by atoms with E-state index < -0.39 is 0 Å². The third kappa shape index (κ3) is 8.69. The monoisotopic (exact) mass is 484 g/mol. The van der Waals surface area contributed by atoms with Crippen LogP contribution in [-0.4, -0.2) is 40.9 Å². The highest BCUT2D eigenvalue weighted by molar-refractivity contribution is 8.00. The number of nitrogens with zero attached hydrogens (tertiary/aromatic N) is 2. The number of carbonyl (C=O) groups is 1. The molecule has 176 valence electrons. The van der Waals surface area contributed by atoms with Gasteiger partial charge in [0.05, 0.1) is 24.5 Å². The summed E-state index contributed by atoms with van der Waals surface area (Å²) in [6, 6.07) is 14.2. The van der Waals surface area contributed by atoms with E-state index in [1.807, 2.05) is 36.4 Å². The minimum absolute atomic E-state index is 0.134. The number of hydrogen-bond acceptors (Lipinski definition) is 7. The van der Waals surface area contributed by atoms with Crippen molar-refractivity contribution < 1.29 is 14.3 Å². The summed E-state index contributed by atoms with van der Waals surface area (Å²) in [5, 5.41) is 10.2. The molecule has 33 heavy (non-hydrogen) atoms. The van der Waals surface area contributed by atoms with Gasteiger partial charge in [-0.15, -0.1) is 0 Å². The molecule has 0 bridgehead atoms. The molecule has 0 N–H and O–H groups in total. The number of hydrogen-bond donors (Lipinski definition) is 0. The Morgan fingerprint density at radius 3 is 2.85 bits per heavy atom. The minimum atomic E-state index is -0.298. The lowest BCUT2D eigenvalue weighted by Crippen LogP contribution is -2.27.